The van der Waals surface area contributed by atoms with Crippen molar-refractivity contribution in [1.82, 2.24) is 0 Å². The smallest absolute Gasteiger partial charge is 0.328 e. The Labute approximate surface area is 57.4 Å². The van der Waals surface area contributed by atoms with E-state index < -0.39 is 12.1 Å². The molecular weight excluding hydrogens is 143 g/mol. The predicted molar refractivity (Wildman–Crippen MR) is 31.4 cm³/mol. The third-order valence-electron chi connectivity index (χ3n) is 1.94. The van der Waals surface area contributed by atoms with Gasteiger partial charge in [0.2, 0.25) is 0 Å². The molecule has 0 spiro atoms. The van der Waals surface area contributed by atoms with Gasteiger partial charge in [-0.3, -0.25) is 0 Å². The van der Waals surface area contributed by atoms with Gasteiger partial charge >= 0.3 is 6.18 Å². The van der Waals surface area contributed by atoms with Gasteiger partial charge in [-0.05, 0) is 19.3 Å². The molecule has 10 heavy (non-hydrogen) atoms. The van der Waals surface area contributed by atoms with Gasteiger partial charge in [-0.15, -0.1) is 0 Å². The van der Waals surface area contributed by atoms with Crippen LogP contribution in [-0.4, -0.2) is 12.2 Å². The fourth-order valence-electron chi connectivity index (χ4n) is 1.31. The average molecular weight is 153 g/mol. The molecule has 2 N–H and O–H groups in total. The van der Waals surface area contributed by atoms with Crippen molar-refractivity contribution >= 4 is 0 Å². The number of alkyl halides is 3. The fraction of sp³-hybridized carbons (Fsp3) is 1.00. The van der Waals surface area contributed by atoms with Crippen molar-refractivity contribution in [3.8, 4) is 0 Å². The molecule has 1 saturated carbocycles. The first-order chi connectivity index (χ1) is 4.50. The molecule has 1 rings (SSSR count). The van der Waals surface area contributed by atoms with E-state index in [1.807, 2.05) is 0 Å². The van der Waals surface area contributed by atoms with Crippen LogP contribution < -0.4 is 5.73 Å². The van der Waals surface area contributed by atoms with Crippen molar-refractivity contribution in [2.24, 2.45) is 11.7 Å². The van der Waals surface area contributed by atoms with Gasteiger partial charge < -0.3 is 5.73 Å². The molecule has 2 atom stereocenters. The van der Waals surface area contributed by atoms with Gasteiger partial charge in [0.25, 0.3) is 0 Å². The highest BCUT2D eigenvalue weighted by Crippen LogP contribution is 2.37. The molecule has 0 aromatic heterocycles. The van der Waals surface area contributed by atoms with Crippen LogP contribution in [0.3, 0.4) is 0 Å². The lowest BCUT2D eigenvalue weighted by atomic mass is 10.1. The zero-order valence-electron chi connectivity index (χ0n) is 5.49. The normalized spacial score (nSPS) is 34.8. The quantitative estimate of drug-likeness (QED) is 0.563. The van der Waals surface area contributed by atoms with Crippen molar-refractivity contribution < 1.29 is 13.2 Å². The van der Waals surface area contributed by atoms with E-state index in [4.69, 9.17) is 5.73 Å². The van der Waals surface area contributed by atoms with E-state index in [1.54, 1.807) is 0 Å². The van der Waals surface area contributed by atoms with E-state index >= 15 is 0 Å². The van der Waals surface area contributed by atoms with Crippen LogP contribution in [0.15, 0.2) is 0 Å². The molecule has 1 nitrogen and oxygen atoms in total. The van der Waals surface area contributed by atoms with Crippen LogP contribution in [0, 0.1) is 5.92 Å². The van der Waals surface area contributed by atoms with E-state index in [9.17, 15) is 13.2 Å². The van der Waals surface area contributed by atoms with Gasteiger partial charge in [0.05, 0.1) is 5.92 Å². The van der Waals surface area contributed by atoms with Crippen molar-refractivity contribution in [3.05, 3.63) is 0 Å². The van der Waals surface area contributed by atoms with Crippen LogP contribution in [-0.2, 0) is 0 Å². The summed E-state index contributed by atoms with van der Waals surface area (Å²) in [5.74, 6) is -1.14. The van der Waals surface area contributed by atoms with Crippen LogP contribution in [0.25, 0.3) is 0 Å². The number of halogens is 3. The lowest BCUT2D eigenvalue weighted by Crippen LogP contribution is -2.22. The minimum absolute atomic E-state index is 0.115. The molecule has 0 aliphatic heterocycles. The first-order valence-electron chi connectivity index (χ1n) is 3.32. The Balaban J connectivity index is 2.45. The standard InChI is InChI=1S/C6H10F3N/c7-6(8,9)4-1-2-5(10)3-4/h4-5H,1-3,10H2/t4?,5-/m0/s1. The van der Waals surface area contributed by atoms with Gasteiger partial charge in [-0.2, -0.15) is 13.2 Å². The second-order valence-electron chi connectivity index (χ2n) is 2.81. The molecule has 0 radical (unpaired) electrons. The maximum Gasteiger partial charge on any atom is 0.391 e. The van der Waals surface area contributed by atoms with E-state index in [0.717, 1.165) is 0 Å². The summed E-state index contributed by atoms with van der Waals surface area (Å²) in [7, 11) is 0. The first kappa shape index (κ1) is 7.85. The summed E-state index contributed by atoms with van der Waals surface area (Å²) in [4.78, 5) is 0. The van der Waals surface area contributed by atoms with Crippen molar-refractivity contribution in [1.29, 1.82) is 0 Å². The summed E-state index contributed by atoms with van der Waals surface area (Å²) in [6.45, 7) is 0. The van der Waals surface area contributed by atoms with Crippen LogP contribution >= 0.6 is 0 Å². The van der Waals surface area contributed by atoms with Crippen LogP contribution in [0.5, 0.6) is 0 Å². The largest absolute Gasteiger partial charge is 0.391 e. The molecule has 0 aromatic carbocycles. The van der Waals surface area contributed by atoms with Gasteiger partial charge in [0.15, 0.2) is 0 Å². The maximum absolute atomic E-state index is 11.9. The Morgan fingerprint density at radius 1 is 1.20 bits per heavy atom. The van der Waals surface area contributed by atoms with Crippen molar-refractivity contribution in [2.75, 3.05) is 0 Å². The molecule has 0 saturated heterocycles. The Bertz CT molecular complexity index is 121. The molecule has 1 aliphatic carbocycles. The minimum atomic E-state index is -4.02. The third kappa shape index (κ3) is 1.62. The highest BCUT2D eigenvalue weighted by molar-refractivity contribution is 4.81. The van der Waals surface area contributed by atoms with Crippen LogP contribution in [0.4, 0.5) is 13.2 Å². The monoisotopic (exact) mass is 153 g/mol. The lowest BCUT2D eigenvalue weighted by molar-refractivity contribution is -0.172. The summed E-state index contributed by atoms with van der Waals surface area (Å²) in [5, 5.41) is 0. The Kier molecular flexibility index (Phi) is 1.90. The summed E-state index contributed by atoms with van der Waals surface area (Å²) >= 11 is 0. The molecule has 4 heteroatoms. The second-order valence-corrected chi connectivity index (χ2v) is 2.81. The Hall–Kier alpha value is -0.250. The predicted octanol–water partition coefficient (Wildman–Crippen LogP) is 1.68. The Morgan fingerprint density at radius 2 is 1.80 bits per heavy atom. The SMILES string of the molecule is N[C@H]1CCC(C(F)(F)F)C1. The zero-order valence-corrected chi connectivity index (χ0v) is 5.49. The molecule has 0 aromatic rings. The van der Waals surface area contributed by atoms with Crippen LogP contribution in [0.2, 0.25) is 0 Å². The molecule has 1 unspecified atom stereocenters. The van der Waals surface area contributed by atoms with E-state index in [2.05, 4.69) is 0 Å². The van der Waals surface area contributed by atoms with E-state index in [-0.39, 0.29) is 18.9 Å². The summed E-state index contributed by atoms with van der Waals surface area (Å²) < 4.78 is 35.6. The number of hydrogen-bond acceptors (Lipinski definition) is 1. The maximum atomic E-state index is 11.9. The molecule has 1 fully saturated rings. The molecule has 0 amide bonds. The summed E-state index contributed by atoms with van der Waals surface area (Å²) in [6.07, 6.45) is -3.17. The first-order valence-corrected chi connectivity index (χ1v) is 3.32. The topological polar surface area (TPSA) is 26.0 Å². The molecule has 0 heterocycles. The molecule has 0 bridgehead atoms. The van der Waals surface area contributed by atoms with Gasteiger partial charge in [-0.25, -0.2) is 0 Å². The zero-order chi connectivity index (χ0) is 7.78. The highest BCUT2D eigenvalue weighted by atomic mass is 19.4. The van der Waals surface area contributed by atoms with Gasteiger partial charge in [-0.1, -0.05) is 0 Å². The van der Waals surface area contributed by atoms with Crippen molar-refractivity contribution in [2.45, 2.75) is 31.5 Å². The fourth-order valence-corrected chi connectivity index (χ4v) is 1.31. The second kappa shape index (κ2) is 2.42. The van der Waals surface area contributed by atoms with E-state index in [0.29, 0.717) is 6.42 Å². The number of hydrogen-bond donors (Lipinski definition) is 1. The summed E-state index contributed by atoms with van der Waals surface area (Å²) in [5.41, 5.74) is 5.32. The highest BCUT2D eigenvalue weighted by Gasteiger charge is 2.42. The minimum Gasteiger partial charge on any atom is -0.328 e. The lowest BCUT2D eigenvalue weighted by Gasteiger charge is -2.12. The van der Waals surface area contributed by atoms with Crippen LogP contribution in [0.1, 0.15) is 19.3 Å². The third-order valence-corrected chi connectivity index (χ3v) is 1.94. The van der Waals surface area contributed by atoms with E-state index in [1.165, 1.54) is 0 Å². The average Bonchev–Trinajstić information content (AvgIpc) is 2.11. The van der Waals surface area contributed by atoms with Crippen molar-refractivity contribution in [3.63, 3.8) is 0 Å². The molecular formula is C6H10F3N. The number of nitrogens with two attached hydrogens (primary N) is 1. The van der Waals surface area contributed by atoms with Gasteiger partial charge in [0, 0.05) is 6.04 Å². The summed E-state index contributed by atoms with van der Waals surface area (Å²) in [6, 6.07) is -0.230. The Morgan fingerprint density at radius 3 is 2.00 bits per heavy atom. The molecule has 60 valence electrons. The molecule has 1 aliphatic rings. The van der Waals surface area contributed by atoms with Gasteiger partial charge in [0.1, 0.15) is 0 Å². The number of rotatable bonds is 0.